The molecule has 0 aromatic carbocycles. The second kappa shape index (κ2) is 6.46. The molecule has 0 saturated carbocycles. The molecule has 1 atom stereocenters. The average molecular weight is 292 g/mol. The second-order valence-corrected chi connectivity index (χ2v) is 6.83. The molecule has 2 fully saturated rings. The van der Waals surface area contributed by atoms with Crippen LogP contribution in [0.3, 0.4) is 0 Å². The van der Waals surface area contributed by atoms with Crippen LogP contribution in [0.1, 0.15) is 31.5 Å². The molecule has 0 amide bonds. The predicted octanol–water partition coefficient (Wildman–Crippen LogP) is 1.02. The van der Waals surface area contributed by atoms with Crippen molar-refractivity contribution in [2.45, 2.75) is 44.8 Å². The Morgan fingerprint density at radius 1 is 1.43 bits per heavy atom. The summed E-state index contributed by atoms with van der Waals surface area (Å²) in [7, 11) is 0. The van der Waals surface area contributed by atoms with Crippen molar-refractivity contribution < 1.29 is 5.11 Å². The van der Waals surface area contributed by atoms with Crippen LogP contribution in [0.4, 0.5) is 0 Å². The van der Waals surface area contributed by atoms with Gasteiger partial charge in [-0.25, -0.2) is 4.98 Å². The molecule has 2 N–H and O–H groups in total. The highest BCUT2D eigenvalue weighted by Gasteiger charge is 2.34. The fourth-order valence-corrected chi connectivity index (χ4v) is 3.68. The smallest absolute Gasteiger partial charge is 0.105 e. The summed E-state index contributed by atoms with van der Waals surface area (Å²) in [5.74, 6) is 1.93. The maximum Gasteiger partial charge on any atom is 0.105 e. The summed E-state index contributed by atoms with van der Waals surface area (Å²) in [5.41, 5.74) is -0.485. The van der Waals surface area contributed by atoms with Crippen LogP contribution >= 0.6 is 0 Å². The van der Waals surface area contributed by atoms with Crippen LogP contribution in [-0.2, 0) is 6.54 Å². The zero-order valence-corrected chi connectivity index (χ0v) is 13.1. The Balaban J connectivity index is 1.40. The Kier molecular flexibility index (Phi) is 4.62. The number of aliphatic hydroxyl groups is 1. The van der Waals surface area contributed by atoms with Gasteiger partial charge in [0.05, 0.1) is 5.60 Å². The van der Waals surface area contributed by atoms with Crippen molar-refractivity contribution in [3.05, 3.63) is 18.2 Å². The summed E-state index contributed by atoms with van der Waals surface area (Å²) in [6.07, 6.45) is 8.62. The molecule has 2 aliphatic rings. The van der Waals surface area contributed by atoms with Crippen molar-refractivity contribution in [1.29, 1.82) is 0 Å². The minimum absolute atomic E-state index is 0.485. The highest BCUT2D eigenvalue weighted by Crippen LogP contribution is 2.24. The van der Waals surface area contributed by atoms with Gasteiger partial charge in [0, 0.05) is 32.0 Å². The van der Waals surface area contributed by atoms with E-state index in [1.165, 1.54) is 19.3 Å². The predicted molar refractivity (Wildman–Crippen MR) is 83.2 cm³/mol. The summed E-state index contributed by atoms with van der Waals surface area (Å²) >= 11 is 0. The van der Waals surface area contributed by atoms with Crippen LogP contribution in [0.15, 0.2) is 12.4 Å². The van der Waals surface area contributed by atoms with Gasteiger partial charge in [0.2, 0.25) is 0 Å². The number of imidazole rings is 1. The number of nitrogens with one attached hydrogen (secondary N) is 1. The molecule has 21 heavy (non-hydrogen) atoms. The normalized spacial score (nSPS) is 28.3. The van der Waals surface area contributed by atoms with E-state index in [9.17, 15) is 5.11 Å². The Morgan fingerprint density at radius 3 is 2.86 bits per heavy atom. The number of aryl methyl sites for hydroxylation is 2. The number of nitrogens with zero attached hydrogens (tertiary/aromatic N) is 3. The van der Waals surface area contributed by atoms with E-state index in [4.69, 9.17) is 0 Å². The van der Waals surface area contributed by atoms with Gasteiger partial charge in [-0.1, -0.05) is 0 Å². The molecule has 0 bridgehead atoms. The number of hydrogen-bond donors (Lipinski definition) is 2. The van der Waals surface area contributed by atoms with Crippen molar-refractivity contribution in [1.82, 2.24) is 19.8 Å². The van der Waals surface area contributed by atoms with E-state index in [0.717, 1.165) is 57.4 Å². The fourth-order valence-electron chi connectivity index (χ4n) is 3.68. The first-order valence-corrected chi connectivity index (χ1v) is 8.28. The summed E-state index contributed by atoms with van der Waals surface area (Å²) in [6.45, 7) is 7.98. The van der Waals surface area contributed by atoms with Gasteiger partial charge in [-0.05, 0) is 58.2 Å². The molecule has 118 valence electrons. The first kappa shape index (κ1) is 15.0. The summed E-state index contributed by atoms with van der Waals surface area (Å²) in [5, 5.41) is 13.7. The van der Waals surface area contributed by atoms with Crippen molar-refractivity contribution in [2.75, 3.05) is 32.7 Å². The zero-order valence-electron chi connectivity index (χ0n) is 13.1. The van der Waals surface area contributed by atoms with Gasteiger partial charge >= 0.3 is 0 Å². The molecule has 2 saturated heterocycles. The third-order valence-corrected chi connectivity index (χ3v) is 5.15. The standard InChI is InChI=1S/C16H28N4O/c1-14-18-7-11-20(14)10-4-15-2-8-19(9-3-15)13-16(21)5-6-17-12-16/h7,11,15,17,21H,2-6,8-10,12-13H2,1H3/t16-/m0/s1. The molecule has 2 aliphatic heterocycles. The van der Waals surface area contributed by atoms with Crippen LogP contribution in [0.2, 0.25) is 0 Å². The highest BCUT2D eigenvalue weighted by atomic mass is 16.3. The zero-order chi connectivity index (χ0) is 14.7. The van der Waals surface area contributed by atoms with Gasteiger partial charge in [-0.15, -0.1) is 0 Å². The molecule has 1 aromatic rings. The Labute approximate surface area is 127 Å². The molecule has 1 aromatic heterocycles. The SMILES string of the molecule is Cc1nccn1CCC1CCN(C[C@]2(O)CCNC2)CC1. The minimum Gasteiger partial charge on any atom is -0.387 e. The molecular formula is C16H28N4O. The average Bonchev–Trinajstić information content (AvgIpc) is 3.07. The number of hydrogen-bond acceptors (Lipinski definition) is 4. The topological polar surface area (TPSA) is 53.3 Å². The number of rotatable bonds is 5. The lowest BCUT2D eigenvalue weighted by Crippen LogP contribution is -2.47. The Morgan fingerprint density at radius 2 is 2.24 bits per heavy atom. The van der Waals surface area contributed by atoms with Crippen molar-refractivity contribution in [2.24, 2.45) is 5.92 Å². The number of β-amino-alcohol motifs (C(OH)–C–C–N with tert-alkyl or cyclic N) is 1. The monoisotopic (exact) mass is 292 g/mol. The minimum atomic E-state index is -0.485. The number of piperidine rings is 1. The molecule has 5 heteroatoms. The Hall–Kier alpha value is -0.910. The maximum absolute atomic E-state index is 10.5. The van der Waals surface area contributed by atoms with Gasteiger partial charge in [0.25, 0.3) is 0 Å². The van der Waals surface area contributed by atoms with E-state index in [1.54, 1.807) is 0 Å². The van der Waals surface area contributed by atoms with Gasteiger partial charge in [-0.3, -0.25) is 0 Å². The second-order valence-electron chi connectivity index (χ2n) is 6.83. The van der Waals surface area contributed by atoms with E-state index < -0.39 is 5.60 Å². The quantitative estimate of drug-likeness (QED) is 0.851. The molecule has 0 unspecified atom stereocenters. The Bertz CT molecular complexity index is 445. The van der Waals surface area contributed by atoms with E-state index in [2.05, 4.69) is 32.9 Å². The van der Waals surface area contributed by atoms with Crippen LogP contribution in [0.25, 0.3) is 0 Å². The first-order chi connectivity index (χ1) is 10.1. The lowest BCUT2D eigenvalue weighted by molar-refractivity contribution is 0.0100. The van der Waals surface area contributed by atoms with E-state index >= 15 is 0 Å². The summed E-state index contributed by atoms with van der Waals surface area (Å²) in [4.78, 5) is 6.73. The highest BCUT2D eigenvalue weighted by molar-refractivity contribution is 4.92. The maximum atomic E-state index is 10.5. The van der Waals surface area contributed by atoms with Gasteiger partial charge in [0.15, 0.2) is 0 Å². The molecular weight excluding hydrogens is 264 g/mol. The molecule has 0 aliphatic carbocycles. The lowest BCUT2D eigenvalue weighted by Gasteiger charge is -2.36. The third kappa shape index (κ3) is 3.84. The molecule has 5 nitrogen and oxygen atoms in total. The molecule has 3 rings (SSSR count). The first-order valence-electron chi connectivity index (χ1n) is 8.28. The van der Waals surface area contributed by atoms with Crippen molar-refractivity contribution in [3.8, 4) is 0 Å². The van der Waals surface area contributed by atoms with Crippen molar-refractivity contribution in [3.63, 3.8) is 0 Å². The van der Waals surface area contributed by atoms with E-state index in [1.807, 2.05) is 6.20 Å². The van der Waals surface area contributed by atoms with Gasteiger partial charge in [-0.2, -0.15) is 0 Å². The van der Waals surface area contributed by atoms with E-state index in [0.29, 0.717) is 0 Å². The summed E-state index contributed by atoms with van der Waals surface area (Å²) < 4.78 is 2.25. The van der Waals surface area contributed by atoms with Gasteiger partial charge < -0.3 is 19.9 Å². The summed E-state index contributed by atoms with van der Waals surface area (Å²) in [6, 6.07) is 0. The number of likely N-dealkylation sites (tertiary alicyclic amines) is 1. The fraction of sp³-hybridized carbons (Fsp3) is 0.812. The largest absolute Gasteiger partial charge is 0.387 e. The lowest BCUT2D eigenvalue weighted by atomic mass is 9.92. The number of aromatic nitrogens is 2. The van der Waals surface area contributed by atoms with Crippen LogP contribution in [0, 0.1) is 12.8 Å². The van der Waals surface area contributed by atoms with E-state index in [-0.39, 0.29) is 0 Å². The third-order valence-electron chi connectivity index (χ3n) is 5.15. The van der Waals surface area contributed by atoms with Gasteiger partial charge in [0.1, 0.15) is 5.82 Å². The molecule has 0 spiro atoms. The van der Waals surface area contributed by atoms with Crippen LogP contribution < -0.4 is 5.32 Å². The van der Waals surface area contributed by atoms with Crippen LogP contribution in [-0.4, -0.2) is 57.9 Å². The van der Waals surface area contributed by atoms with Crippen LogP contribution in [0.5, 0.6) is 0 Å². The molecule has 0 radical (unpaired) electrons. The molecule has 3 heterocycles. The van der Waals surface area contributed by atoms with Crippen molar-refractivity contribution >= 4 is 0 Å².